The summed E-state index contributed by atoms with van der Waals surface area (Å²) in [6.07, 6.45) is 1.62. The van der Waals surface area contributed by atoms with Crippen LogP contribution in [0.25, 0.3) is 0 Å². The summed E-state index contributed by atoms with van der Waals surface area (Å²) in [5, 5.41) is 2.74. The van der Waals surface area contributed by atoms with E-state index in [-0.39, 0.29) is 29.8 Å². The molecule has 0 spiro atoms. The van der Waals surface area contributed by atoms with Gasteiger partial charge in [-0.2, -0.15) is 0 Å². The Morgan fingerprint density at radius 2 is 2.00 bits per heavy atom. The van der Waals surface area contributed by atoms with Gasteiger partial charge in [-0.15, -0.1) is 0 Å². The van der Waals surface area contributed by atoms with E-state index in [2.05, 4.69) is 5.32 Å². The molecule has 20 heavy (non-hydrogen) atoms. The second-order valence-corrected chi connectivity index (χ2v) is 4.39. The van der Waals surface area contributed by atoms with E-state index in [9.17, 15) is 14.0 Å². The molecule has 1 aromatic rings. The van der Waals surface area contributed by atoms with Gasteiger partial charge in [0.05, 0.1) is 11.3 Å². The third-order valence-corrected chi connectivity index (χ3v) is 2.92. The minimum absolute atomic E-state index is 0.0719. The number of nitrogens with two attached hydrogens (primary N) is 1. The molecule has 110 valence electrons. The smallest absolute Gasteiger partial charge is 0.338 e. The third kappa shape index (κ3) is 4.53. The standard InChI is InChI=1S/C14H19FN2O3/c1-3-10(4-2)17-13(18)8-20-14(19)9-5-6-11(15)12(16)7-9/h5-7,10H,3-4,8,16H2,1-2H3,(H,17,18). The quantitative estimate of drug-likeness (QED) is 0.616. The highest BCUT2D eigenvalue weighted by Crippen LogP contribution is 2.13. The van der Waals surface area contributed by atoms with Gasteiger partial charge < -0.3 is 15.8 Å². The Balaban J connectivity index is 2.50. The Bertz CT molecular complexity index is 487. The second-order valence-electron chi connectivity index (χ2n) is 4.39. The molecule has 1 rings (SSSR count). The number of benzene rings is 1. The predicted octanol–water partition coefficient (Wildman–Crippen LogP) is 1.87. The number of carbonyl (C=O) groups is 2. The molecule has 0 unspecified atom stereocenters. The first-order valence-electron chi connectivity index (χ1n) is 6.49. The number of hydrogen-bond acceptors (Lipinski definition) is 4. The van der Waals surface area contributed by atoms with Gasteiger partial charge in [-0.3, -0.25) is 4.79 Å². The summed E-state index contributed by atoms with van der Waals surface area (Å²) < 4.78 is 17.8. The van der Waals surface area contributed by atoms with Crippen LogP contribution >= 0.6 is 0 Å². The number of hydrogen-bond donors (Lipinski definition) is 2. The number of anilines is 1. The van der Waals surface area contributed by atoms with E-state index in [0.717, 1.165) is 18.9 Å². The maximum absolute atomic E-state index is 13.0. The zero-order valence-corrected chi connectivity index (χ0v) is 11.6. The van der Waals surface area contributed by atoms with Gasteiger partial charge in [-0.05, 0) is 31.0 Å². The van der Waals surface area contributed by atoms with E-state index in [1.165, 1.54) is 12.1 Å². The molecule has 0 aliphatic heterocycles. The predicted molar refractivity (Wildman–Crippen MR) is 73.6 cm³/mol. The normalized spacial score (nSPS) is 10.4. The third-order valence-electron chi connectivity index (χ3n) is 2.92. The van der Waals surface area contributed by atoms with Crippen LogP contribution in [0.2, 0.25) is 0 Å². The monoisotopic (exact) mass is 282 g/mol. The summed E-state index contributed by atoms with van der Waals surface area (Å²) in [4.78, 5) is 23.2. The number of rotatable bonds is 6. The first kappa shape index (κ1) is 15.9. The van der Waals surface area contributed by atoms with E-state index >= 15 is 0 Å². The number of nitrogens with one attached hydrogen (secondary N) is 1. The van der Waals surface area contributed by atoms with Crippen molar-refractivity contribution in [2.45, 2.75) is 32.7 Å². The van der Waals surface area contributed by atoms with Crippen molar-refractivity contribution in [3.8, 4) is 0 Å². The Kier molecular flexibility index (Phi) is 5.96. The Labute approximate surface area is 117 Å². The van der Waals surface area contributed by atoms with Crippen molar-refractivity contribution >= 4 is 17.6 Å². The summed E-state index contributed by atoms with van der Waals surface area (Å²) in [5.41, 5.74) is 5.33. The molecular formula is C14H19FN2O3. The molecule has 0 saturated heterocycles. The van der Waals surface area contributed by atoms with Gasteiger partial charge >= 0.3 is 5.97 Å². The molecule has 0 aromatic heterocycles. The maximum Gasteiger partial charge on any atom is 0.338 e. The Morgan fingerprint density at radius 1 is 1.35 bits per heavy atom. The highest BCUT2D eigenvalue weighted by atomic mass is 19.1. The van der Waals surface area contributed by atoms with Gasteiger partial charge in [-0.1, -0.05) is 13.8 Å². The van der Waals surface area contributed by atoms with Crippen LogP contribution in [0.5, 0.6) is 0 Å². The minimum Gasteiger partial charge on any atom is -0.452 e. The molecule has 0 radical (unpaired) electrons. The fourth-order valence-corrected chi connectivity index (χ4v) is 1.65. The summed E-state index contributed by atoms with van der Waals surface area (Å²) in [7, 11) is 0. The minimum atomic E-state index is -0.712. The average Bonchev–Trinajstić information content (AvgIpc) is 2.45. The largest absolute Gasteiger partial charge is 0.452 e. The SMILES string of the molecule is CCC(CC)NC(=O)COC(=O)c1ccc(F)c(N)c1. The highest BCUT2D eigenvalue weighted by molar-refractivity contribution is 5.92. The van der Waals surface area contributed by atoms with Crippen molar-refractivity contribution in [1.82, 2.24) is 5.32 Å². The van der Waals surface area contributed by atoms with Crippen molar-refractivity contribution in [2.75, 3.05) is 12.3 Å². The van der Waals surface area contributed by atoms with Crippen LogP contribution in [0.15, 0.2) is 18.2 Å². The zero-order valence-electron chi connectivity index (χ0n) is 11.6. The number of nitrogen functional groups attached to an aromatic ring is 1. The Morgan fingerprint density at radius 3 is 2.55 bits per heavy atom. The number of halogens is 1. The van der Waals surface area contributed by atoms with Crippen LogP contribution in [-0.4, -0.2) is 24.5 Å². The van der Waals surface area contributed by atoms with Gasteiger partial charge in [0.15, 0.2) is 6.61 Å². The lowest BCUT2D eigenvalue weighted by atomic mass is 10.2. The van der Waals surface area contributed by atoms with E-state index in [1.54, 1.807) is 0 Å². The van der Waals surface area contributed by atoms with E-state index in [0.29, 0.717) is 0 Å². The fraction of sp³-hybridized carbons (Fsp3) is 0.429. The van der Waals surface area contributed by atoms with Gasteiger partial charge in [0.25, 0.3) is 5.91 Å². The van der Waals surface area contributed by atoms with Crippen molar-refractivity contribution in [3.63, 3.8) is 0 Å². The average molecular weight is 282 g/mol. The molecule has 5 nitrogen and oxygen atoms in total. The first-order valence-corrected chi connectivity index (χ1v) is 6.49. The van der Waals surface area contributed by atoms with Crippen molar-refractivity contribution in [2.24, 2.45) is 0 Å². The number of ether oxygens (including phenoxy) is 1. The van der Waals surface area contributed by atoms with Crippen LogP contribution in [-0.2, 0) is 9.53 Å². The molecule has 1 aromatic carbocycles. The van der Waals surface area contributed by atoms with Gasteiger partial charge in [0, 0.05) is 6.04 Å². The topological polar surface area (TPSA) is 81.4 Å². The molecular weight excluding hydrogens is 263 g/mol. The van der Waals surface area contributed by atoms with E-state index in [1.807, 2.05) is 13.8 Å². The second kappa shape index (κ2) is 7.47. The first-order chi connectivity index (χ1) is 9.47. The van der Waals surface area contributed by atoms with E-state index in [4.69, 9.17) is 10.5 Å². The summed E-state index contributed by atoms with van der Waals surface area (Å²) in [6.45, 7) is 3.55. The number of amides is 1. The molecule has 0 heterocycles. The fourth-order valence-electron chi connectivity index (χ4n) is 1.65. The lowest BCUT2D eigenvalue weighted by Gasteiger charge is -2.14. The highest BCUT2D eigenvalue weighted by Gasteiger charge is 2.13. The molecule has 0 aliphatic rings. The molecule has 0 saturated carbocycles. The van der Waals surface area contributed by atoms with Crippen LogP contribution < -0.4 is 11.1 Å². The van der Waals surface area contributed by atoms with Crippen LogP contribution in [0, 0.1) is 5.82 Å². The van der Waals surface area contributed by atoms with Gasteiger partial charge in [0.1, 0.15) is 5.82 Å². The molecule has 0 atom stereocenters. The molecule has 0 bridgehead atoms. The molecule has 3 N–H and O–H groups in total. The molecule has 1 amide bonds. The van der Waals surface area contributed by atoms with Crippen LogP contribution in [0.3, 0.4) is 0 Å². The number of esters is 1. The molecule has 6 heteroatoms. The van der Waals surface area contributed by atoms with Gasteiger partial charge in [-0.25, -0.2) is 9.18 Å². The van der Waals surface area contributed by atoms with Crippen molar-refractivity contribution < 1.29 is 18.7 Å². The maximum atomic E-state index is 13.0. The van der Waals surface area contributed by atoms with Crippen molar-refractivity contribution in [1.29, 1.82) is 0 Å². The van der Waals surface area contributed by atoms with Crippen LogP contribution in [0.1, 0.15) is 37.0 Å². The van der Waals surface area contributed by atoms with E-state index < -0.39 is 11.8 Å². The zero-order chi connectivity index (χ0) is 15.1. The lowest BCUT2D eigenvalue weighted by molar-refractivity contribution is -0.125. The molecule has 0 fully saturated rings. The van der Waals surface area contributed by atoms with Crippen molar-refractivity contribution in [3.05, 3.63) is 29.6 Å². The number of carbonyl (C=O) groups excluding carboxylic acids is 2. The van der Waals surface area contributed by atoms with Gasteiger partial charge in [0.2, 0.25) is 0 Å². The Hall–Kier alpha value is -2.11. The van der Waals surface area contributed by atoms with Crippen LogP contribution in [0.4, 0.5) is 10.1 Å². The summed E-state index contributed by atoms with van der Waals surface area (Å²) in [6, 6.07) is 3.59. The summed E-state index contributed by atoms with van der Waals surface area (Å²) >= 11 is 0. The molecule has 0 aliphatic carbocycles. The summed E-state index contributed by atoms with van der Waals surface area (Å²) in [5.74, 6) is -1.67. The lowest BCUT2D eigenvalue weighted by Crippen LogP contribution is -2.36.